The van der Waals surface area contributed by atoms with Gasteiger partial charge in [-0.25, -0.2) is 0 Å². The second kappa shape index (κ2) is 3.52. The highest BCUT2D eigenvalue weighted by molar-refractivity contribution is 5.80. The molecule has 1 aromatic carbocycles. The van der Waals surface area contributed by atoms with E-state index in [1.165, 1.54) is 0 Å². The van der Waals surface area contributed by atoms with Crippen molar-refractivity contribution in [3.8, 4) is 6.07 Å². The van der Waals surface area contributed by atoms with Crippen LogP contribution in [0.3, 0.4) is 0 Å². The van der Waals surface area contributed by atoms with E-state index >= 15 is 0 Å². The molecule has 0 fully saturated rings. The lowest BCUT2D eigenvalue weighted by Crippen LogP contribution is -2.09. The predicted molar refractivity (Wildman–Crippen MR) is 55.5 cm³/mol. The Morgan fingerprint density at radius 1 is 1.43 bits per heavy atom. The molecule has 3 nitrogen and oxygen atoms in total. The number of nitrogens with two attached hydrogens (primary N) is 1. The van der Waals surface area contributed by atoms with Gasteiger partial charge in [0.05, 0.1) is 18.5 Å². The molecule has 1 heterocycles. The molecule has 0 aliphatic heterocycles. The van der Waals surface area contributed by atoms with Crippen LogP contribution in [0.5, 0.6) is 0 Å². The molecule has 0 saturated heterocycles. The third-order valence-electron chi connectivity index (χ3n) is 2.26. The highest BCUT2D eigenvalue weighted by Crippen LogP contribution is 2.19. The number of hydrogen-bond donors (Lipinski definition) is 2. The number of H-pyrrole nitrogens is 1. The summed E-state index contributed by atoms with van der Waals surface area (Å²) in [7, 11) is 0. The van der Waals surface area contributed by atoms with Crippen molar-refractivity contribution in [3.63, 3.8) is 0 Å². The number of nitriles is 1. The molecule has 3 heteroatoms. The Morgan fingerprint density at radius 2 is 2.21 bits per heavy atom. The lowest BCUT2D eigenvalue weighted by molar-refractivity contribution is 0.728. The summed E-state index contributed by atoms with van der Waals surface area (Å²) < 4.78 is 0. The lowest BCUT2D eigenvalue weighted by Gasteiger charge is -2.02. The van der Waals surface area contributed by atoms with Crippen molar-refractivity contribution in [1.29, 1.82) is 5.26 Å². The molecule has 70 valence electrons. The highest BCUT2D eigenvalue weighted by atomic mass is 14.8. The van der Waals surface area contributed by atoms with Crippen molar-refractivity contribution in [2.45, 2.75) is 12.5 Å². The number of nitrogens with zero attached hydrogens (tertiary/aromatic N) is 1. The van der Waals surface area contributed by atoms with Gasteiger partial charge in [-0.2, -0.15) is 5.26 Å². The Balaban J connectivity index is 2.41. The molecule has 1 aromatic heterocycles. The first-order valence-electron chi connectivity index (χ1n) is 4.51. The van der Waals surface area contributed by atoms with Crippen molar-refractivity contribution in [2.75, 3.05) is 0 Å². The maximum atomic E-state index is 8.53. The van der Waals surface area contributed by atoms with E-state index in [4.69, 9.17) is 11.0 Å². The molecule has 1 atom stereocenters. The predicted octanol–water partition coefficient (Wildman–Crippen LogP) is 2.08. The molecular formula is C11H11N3. The van der Waals surface area contributed by atoms with Gasteiger partial charge in [-0.15, -0.1) is 0 Å². The molecule has 0 aliphatic carbocycles. The van der Waals surface area contributed by atoms with Crippen LogP contribution in [0.4, 0.5) is 0 Å². The van der Waals surface area contributed by atoms with Crippen molar-refractivity contribution in [3.05, 3.63) is 36.0 Å². The molecule has 0 bridgehead atoms. The van der Waals surface area contributed by atoms with Crippen LogP contribution in [-0.2, 0) is 0 Å². The zero-order valence-corrected chi connectivity index (χ0v) is 7.70. The minimum atomic E-state index is -0.215. The van der Waals surface area contributed by atoms with Gasteiger partial charge >= 0.3 is 0 Å². The fourth-order valence-electron chi connectivity index (χ4n) is 1.50. The second-order valence-electron chi connectivity index (χ2n) is 3.28. The average Bonchev–Trinajstić information content (AvgIpc) is 2.61. The normalized spacial score (nSPS) is 12.6. The third kappa shape index (κ3) is 1.48. The van der Waals surface area contributed by atoms with Crippen LogP contribution in [-0.4, -0.2) is 4.98 Å². The number of para-hydroxylation sites is 1. The Morgan fingerprint density at radius 3 is 2.93 bits per heavy atom. The standard InChI is InChI=1S/C11H11N3/c12-6-5-9(13)11-7-8-3-1-2-4-10(8)14-11/h1-4,7,9,14H,5,13H2. The van der Waals surface area contributed by atoms with E-state index in [2.05, 4.69) is 11.1 Å². The van der Waals surface area contributed by atoms with Crippen LogP contribution in [0.2, 0.25) is 0 Å². The summed E-state index contributed by atoms with van der Waals surface area (Å²) in [5, 5.41) is 9.66. The Labute approximate surface area is 82.1 Å². The third-order valence-corrected chi connectivity index (χ3v) is 2.26. The molecular weight excluding hydrogens is 174 g/mol. The van der Waals surface area contributed by atoms with Crippen LogP contribution >= 0.6 is 0 Å². The largest absolute Gasteiger partial charge is 0.357 e. The minimum Gasteiger partial charge on any atom is -0.357 e. The number of fused-ring (bicyclic) bond motifs is 1. The first-order chi connectivity index (χ1) is 6.81. The highest BCUT2D eigenvalue weighted by Gasteiger charge is 2.07. The number of aromatic nitrogens is 1. The van der Waals surface area contributed by atoms with Gasteiger partial charge in [0.25, 0.3) is 0 Å². The van der Waals surface area contributed by atoms with Crippen molar-refractivity contribution < 1.29 is 0 Å². The molecule has 2 aromatic rings. The maximum absolute atomic E-state index is 8.53. The topological polar surface area (TPSA) is 65.6 Å². The smallest absolute Gasteiger partial charge is 0.0642 e. The summed E-state index contributed by atoms with van der Waals surface area (Å²) in [6, 6.07) is 11.8. The zero-order valence-electron chi connectivity index (χ0n) is 7.70. The van der Waals surface area contributed by atoms with Crippen LogP contribution < -0.4 is 5.73 Å². The first-order valence-corrected chi connectivity index (χ1v) is 4.51. The Bertz CT molecular complexity index is 445. The van der Waals surface area contributed by atoms with Crippen LogP contribution in [0, 0.1) is 11.3 Å². The summed E-state index contributed by atoms with van der Waals surface area (Å²) in [5.74, 6) is 0. The van der Waals surface area contributed by atoms with Gasteiger partial charge in [-0.3, -0.25) is 0 Å². The molecule has 14 heavy (non-hydrogen) atoms. The summed E-state index contributed by atoms with van der Waals surface area (Å²) in [4.78, 5) is 3.20. The summed E-state index contributed by atoms with van der Waals surface area (Å²) in [6.45, 7) is 0. The zero-order chi connectivity index (χ0) is 9.97. The van der Waals surface area contributed by atoms with Crippen molar-refractivity contribution in [1.82, 2.24) is 4.98 Å². The van der Waals surface area contributed by atoms with Crippen LogP contribution in [0.25, 0.3) is 10.9 Å². The van der Waals surface area contributed by atoms with E-state index < -0.39 is 0 Å². The molecule has 3 N–H and O–H groups in total. The maximum Gasteiger partial charge on any atom is 0.0642 e. The van der Waals surface area contributed by atoms with Crippen molar-refractivity contribution >= 4 is 10.9 Å². The molecule has 0 amide bonds. The van der Waals surface area contributed by atoms with E-state index in [0.717, 1.165) is 16.6 Å². The fourth-order valence-corrected chi connectivity index (χ4v) is 1.50. The van der Waals surface area contributed by atoms with Gasteiger partial charge in [0, 0.05) is 11.2 Å². The first kappa shape index (κ1) is 8.79. The summed E-state index contributed by atoms with van der Waals surface area (Å²) in [5.41, 5.74) is 7.81. The molecule has 0 aliphatic rings. The van der Waals surface area contributed by atoms with E-state index in [-0.39, 0.29) is 6.04 Å². The van der Waals surface area contributed by atoms with E-state index in [0.29, 0.717) is 6.42 Å². The number of rotatable bonds is 2. The summed E-state index contributed by atoms with van der Waals surface area (Å²) >= 11 is 0. The lowest BCUT2D eigenvalue weighted by atomic mass is 10.1. The fraction of sp³-hybridized carbons (Fsp3) is 0.182. The average molecular weight is 185 g/mol. The van der Waals surface area contributed by atoms with Crippen LogP contribution in [0.1, 0.15) is 18.2 Å². The summed E-state index contributed by atoms with van der Waals surface area (Å²) in [6.07, 6.45) is 0.340. The number of hydrogen-bond acceptors (Lipinski definition) is 2. The molecule has 1 unspecified atom stereocenters. The van der Waals surface area contributed by atoms with E-state index in [9.17, 15) is 0 Å². The van der Waals surface area contributed by atoms with E-state index in [1.807, 2.05) is 30.3 Å². The molecule has 2 rings (SSSR count). The second-order valence-corrected chi connectivity index (χ2v) is 3.28. The van der Waals surface area contributed by atoms with Gasteiger partial charge in [0.15, 0.2) is 0 Å². The molecule has 0 saturated carbocycles. The van der Waals surface area contributed by atoms with Crippen molar-refractivity contribution in [2.24, 2.45) is 5.73 Å². The quantitative estimate of drug-likeness (QED) is 0.752. The van der Waals surface area contributed by atoms with Crippen LogP contribution in [0.15, 0.2) is 30.3 Å². The number of nitrogens with one attached hydrogen (secondary N) is 1. The van der Waals surface area contributed by atoms with E-state index in [1.54, 1.807) is 0 Å². The number of aromatic amines is 1. The Kier molecular flexibility index (Phi) is 2.21. The van der Waals surface area contributed by atoms with Gasteiger partial charge in [0.2, 0.25) is 0 Å². The molecule has 0 radical (unpaired) electrons. The SMILES string of the molecule is N#CCC(N)c1cc2ccccc2[nH]1. The van der Waals surface area contributed by atoms with Gasteiger partial charge in [-0.05, 0) is 17.5 Å². The molecule has 0 spiro atoms. The minimum absolute atomic E-state index is 0.215. The van der Waals surface area contributed by atoms with Gasteiger partial charge in [0.1, 0.15) is 0 Å². The van der Waals surface area contributed by atoms with Gasteiger partial charge in [-0.1, -0.05) is 18.2 Å². The monoisotopic (exact) mass is 185 g/mol. The van der Waals surface area contributed by atoms with Gasteiger partial charge < -0.3 is 10.7 Å². The number of benzene rings is 1. The Hall–Kier alpha value is -1.79.